The van der Waals surface area contributed by atoms with Crippen molar-refractivity contribution in [3.05, 3.63) is 81.8 Å². The summed E-state index contributed by atoms with van der Waals surface area (Å²) >= 11 is 12.6. The van der Waals surface area contributed by atoms with E-state index in [0.29, 0.717) is 23.1 Å². The summed E-state index contributed by atoms with van der Waals surface area (Å²) in [7, 11) is -4.55. The van der Waals surface area contributed by atoms with Crippen LogP contribution >= 0.6 is 23.2 Å². The van der Waals surface area contributed by atoms with Crippen molar-refractivity contribution in [2.24, 2.45) is 10.2 Å². The number of amides is 1. The second-order valence-corrected chi connectivity index (χ2v) is 10.2. The van der Waals surface area contributed by atoms with Crippen molar-refractivity contribution in [3.8, 4) is 11.5 Å². The van der Waals surface area contributed by atoms with Crippen molar-refractivity contribution in [2.45, 2.75) is 18.7 Å². The van der Waals surface area contributed by atoms with Crippen LogP contribution in [0.3, 0.4) is 0 Å². The number of hydrogen-bond acceptors (Lipinski definition) is 7. The average molecular weight is 596 g/mol. The maximum atomic E-state index is 13.4. The molecule has 9 nitrogen and oxygen atoms in total. The molecular weight excluding hydrogens is 576 g/mol. The van der Waals surface area contributed by atoms with Gasteiger partial charge in [0.25, 0.3) is 16.0 Å². The summed E-state index contributed by atoms with van der Waals surface area (Å²) in [6.07, 6.45) is 0. The van der Waals surface area contributed by atoms with Gasteiger partial charge in [-0.2, -0.15) is 13.5 Å². The standard InChI is InChI=1S/C26H21Cl2N3O6S.Na/c1-3-37-20-10-6-9-19(22(20)28)29-26(33)17-13-15-7-4-5-8-16(15)24(25(17)32)31-30-23-14(2)21(38(34,35)36)12-11-18(23)27;/h4-13,32H,3H2,1-2H3,(H,29,33)(H,34,35,36);/q;+1/p-1. The SMILES string of the molecule is CCOc1cccc(NC(=O)c2cc3ccccc3c(N=Nc3c(Cl)ccc(S(=O)(=O)O)c3C)c2[O-])c1Cl.[Na+]. The molecule has 39 heavy (non-hydrogen) atoms. The molecular formula is C26H20Cl2N3NaO6S. The summed E-state index contributed by atoms with van der Waals surface area (Å²) in [5.74, 6) is -1.07. The van der Waals surface area contributed by atoms with Gasteiger partial charge in [0.15, 0.2) is 0 Å². The molecule has 0 radical (unpaired) electrons. The second kappa shape index (κ2) is 12.6. The van der Waals surface area contributed by atoms with Gasteiger partial charge in [-0.05, 0) is 55.1 Å². The first-order chi connectivity index (χ1) is 18.0. The number of azo groups is 1. The van der Waals surface area contributed by atoms with Gasteiger partial charge in [0.05, 0.1) is 27.9 Å². The molecule has 4 rings (SSSR count). The summed E-state index contributed by atoms with van der Waals surface area (Å²) in [5, 5.41) is 25.4. The number of nitrogens with zero attached hydrogens (tertiary/aromatic N) is 2. The summed E-state index contributed by atoms with van der Waals surface area (Å²) in [5.41, 5.74) is -0.138. The first kappa shape index (κ1) is 30.8. The fourth-order valence-corrected chi connectivity index (χ4v) is 4.99. The minimum absolute atomic E-state index is 0. The predicted octanol–water partition coefficient (Wildman–Crippen LogP) is 3.85. The molecule has 0 aliphatic rings. The van der Waals surface area contributed by atoms with E-state index < -0.39 is 26.7 Å². The zero-order chi connectivity index (χ0) is 27.6. The molecule has 0 unspecified atom stereocenters. The first-order valence-electron chi connectivity index (χ1n) is 11.2. The summed E-state index contributed by atoms with van der Waals surface area (Å²) in [4.78, 5) is 12.8. The van der Waals surface area contributed by atoms with Crippen LogP contribution in [-0.4, -0.2) is 25.5 Å². The van der Waals surface area contributed by atoms with Gasteiger partial charge in [-0.15, -0.1) is 5.11 Å². The Morgan fingerprint density at radius 3 is 2.44 bits per heavy atom. The number of ether oxygens (including phenoxy) is 1. The Morgan fingerprint density at radius 2 is 1.74 bits per heavy atom. The van der Waals surface area contributed by atoms with Crippen LogP contribution in [0.4, 0.5) is 17.1 Å². The van der Waals surface area contributed by atoms with Crippen molar-refractivity contribution in [1.29, 1.82) is 0 Å². The second-order valence-electron chi connectivity index (χ2n) is 8.02. The molecule has 2 N–H and O–H groups in total. The number of carbonyl (C=O) groups excluding carboxylic acids is 1. The quantitative estimate of drug-likeness (QED) is 0.189. The van der Waals surface area contributed by atoms with Crippen LogP contribution in [0, 0.1) is 6.92 Å². The van der Waals surface area contributed by atoms with Crippen LogP contribution in [0.25, 0.3) is 10.8 Å². The van der Waals surface area contributed by atoms with Crippen LogP contribution in [0.5, 0.6) is 11.5 Å². The molecule has 4 aromatic rings. The Labute approximate surface area is 256 Å². The molecule has 0 fully saturated rings. The van der Waals surface area contributed by atoms with Crippen molar-refractivity contribution >= 4 is 67.1 Å². The molecule has 0 aliphatic heterocycles. The zero-order valence-electron chi connectivity index (χ0n) is 21.0. The summed E-state index contributed by atoms with van der Waals surface area (Å²) < 4.78 is 38.3. The van der Waals surface area contributed by atoms with Crippen LogP contribution in [0.1, 0.15) is 22.8 Å². The molecule has 0 aromatic heterocycles. The molecule has 1 amide bonds. The van der Waals surface area contributed by atoms with E-state index in [1.54, 1.807) is 49.4 Å². The molecule has 196 valence electrons. The van der Waals surface area contributed by atoms with Gasteiger partial charge in [-0.25, -0.2) is 0 Å². The van der Waals surface area contributed by atoms with Gasteiger partial charge in [-0.3, -0.25) is 9.35 Å². The first-order valence-corrected chi connectivity index (χ1v) is 13.4. The largest absolute Gasteiger partial charge is 1.00 e. The molecule has 0 saturated heterocycles. The normalized spacial score (nSPS) is 11.4. The van der Waals surface area contributed by atoms with E-state index in [4.69, 9.17) is 27.9 Å². The Bertz CT molecular complexity index is 1710. The Hall–Kier alpha value is -2.70. The Morgan fingerprint density at radius 1 is 1.05 bits per heavy atom. The van der Waals surface area contributed by atoms with Crippen LogP contribution in [-0.2, 0) is 10.1 Å². The third kappa shape index (κ3) is 6.55. The number of fused-ring (bicyclic) bond motifs is 1. The fourth-order valence-electron chi connectivity index (χ4n) is 3.79. The molecule has 0 saturated carbocycles. The van der Waals surface area contributed by atoms with Gasteiger partial charge in [0.1, 0.15) is 16.5 Å². The molecule has 13 heteroatoms. The molecule has 0 heterocycles. The predicted molar refractivity (Wildman–Crippen MR) is 144 cm³/mol. The number of rotatable bonds is 7. The van der Waals surface area contributed by atoms with Crippen LogP contribution in [0.2, 0.25) is 10.0 Å². The smallest absolute Gasteiger partial charge is 0.870 e. The Kier molecular flexibility index (Phi) is 10.0. The summed E-state index contributed by atoms with van der Waals surface area (Å²) in [6, 6.07) is 15.4. The van der Waals surface area contributed by atoms with E-state index in [0.717, 1.165) is 6.07 Å². The average Bonchev–Trinajstić information content (AvgIpc) is 2.86. The number of hydrogen-bond donors (Lipinski definition) is 2. The van der Waals surface area contributed by atoms with E-state index in [2.05, 4.69) is 15.5 Å². The van der Waals surface area contributed by atoms with E-state index in [9.17, 15) is 22.9 Å². The minimum Gasteiger partial charge on any atom is -0.870 e. The minimum atomic E-state index is -4.55. The zero-order valence-corrected chi connectivity index (χ0v) is 25.4. The van der Waals surface area contributed by atoms with E-state index in [1.165, 1.54) is 19.1 Å². The third-order valence-corrected chi connectivity index (χ3v) is 7.28. The topological polar surface area (TPSA) is 140 Å². The number of nitrogens with one attached hydrogen (secondary N) is 1. The van der Waals surface area contributed by atoms with Gasteiger partial charge < -0.3 is 15.2 Å². The van der Waals surface area contributed by atoms with Gasteiger partial charge in [0, 0.05) is 10.9 Å². The molecule has 0 spiro atoms. The van der Waals surface area contributed by atoms with E-state index >= 15 is 0 Å². The van der Waals surface area contributed by atoms with Crippen LogP contribution < -0.4 is 44.7 Å². The van der Waals surface area contributed by atoms with Crippen molar-refractivity contribution in [1.82, 2.24) is 0 Å². The van der Waals surface area contributed by atoms with Crippen molar-refractivity contribution in [3.63, 3.8) is 0 Å². The molecule has 0 atom stereocenters. The number of anilines is 1. The number of halogens is 2. The third-order valence-electron chi connectivity index (χ3n) is 5.59. The number of benzene rings is 4. The maximum absolute atomic E-state index is 13.4. The van der Waals surface area contributed by atoms with Gasteiger partial charge >= 0.3 is 29.6 Å². The van der Waals surface area contributed by atoms with E-state index in [1.807, 2.05) is 0 Å². The maximum Gasteiger partial charge on any atom is 1.00 e. The monoisotopic (exact) mass is 595 g/mol. The summed E-state index contributed by atoms with van der Waals surface area (Å²) in [6.45, 7) is 3.56. The van der Waals surface area contributed by atoms with Gasteiger partial charge in [-0.1, -0.05) is 59.3 Å². The van der Waals surface area contributed by atoms with Gasteiger partial charge in [0.2, 0.25) is 0 Å². The Balaban J connectivity index is 0.00000420. The fraction of sp³-hybridized carbons (Fsp3) is 0.115. The molecule has 0 aliphatic carbocycles. The molecule has 4 aromatic carbocycles. The van der Waals surface area contributed by atoms with Crippen LogP contribution in [0.15, 0.2) is 75.8 Å². The number of carbonyl (C=O) groups is 1. The van der Waals surface area contributed by atoms with Crippen molar-refractivity contribution < 1.29 is 57.2 Å². The van der Waals surface area contributed by atoms with Crippen molar-refractivity contribution in [2.75, 3.05) is 11.9 Å². The van der Waals surface area contributed by atoms with E-state index in [-0.39, 0.29) is 67.8 Å². The molecule has 0 bridgehead atoms.